The van der Waals surface area contributed by atoms with Gasteiger partial charge in [-0.25, -0.2) is 14.6 Å². The van der Waals surface area contributed by atoms with Gasteiger partial charge in [0, 0.05) is 12.7 Å². The molecule has 7 nitrogen and oxygen atoms in total. The summed E-state index contributed by atoms with van der Waals surface area (Å²) < 4.78 is 9.76. The van der Waals surface area contributed by atoms with Crippen LogP contribution >= 0.6 is 0 Å². The van der Waals surface area contributed by atoms with Crippen LogP contribution in [0.5, 0.6) is 0 Å². The maximum atomic E-state index is 11.6. The van der Waals surface area contributed by atoms with Crippen LogP contribution in [-0.2, 0) is 14.3 Å². The van der Waals surface area contributed by atoms with Gasteiger partial charge in [0.15, 0.2) is 0 Å². The highest BCUT2D eigenvalue weighted by atomic mass is 16.5. The standard InChI is InChI=1S/C12H16N2O5/c1-2-19-12(17)9-4-3-5-13-11(9)14-6-7-18-8-10(15)16/h3-5H,2,6-8H2,1H3,(H,13,14)(H,15,16). The number of pyridine rings is 1. The molecule has 0 aliphatic carbocycles. The van der Waals surface area contributed by atoms with Crippen molar-refractivity contribution in [3.8, 4) is 0 Å². The first-order valence-electron chi connectivity index (χ1n) is 5.80. The molecule has 2 N–H and O–H groups in total. The molecule has 1 heterocycles. The third-order valence-electron chi connectivity index (χ3n) is 2.07. The zero-order valence-electron chi connectivity index (χ0n) is 10.6. The van der Waals surface area contributed by atoms with Gasteiger partial charge in [-0.15, -0.1) is 0 Å². The molecule has 0 aromatic carbocycles. The van der Waals surface area contributed by atoms with E-state index in [1.54, 1.807) is 25.3 Å². The third kappa shape index (κ3) is 5.35. The number of carbonyl (C=O) groups excluding carboxylic acids is 1. The van der Waals surface area contributed by atoms with Crippen LogP contribution < -0.4 is 5.32 Å². The van der Waals surface area contributed by atoms with Crippen LogP contribution in [0.25, 0.3) is 0 Å². The molecule has 104 valence electrons. The predicted molar refractivity (Wildman–Crippen MR) is 67.1 cm³/mol. The molecule has 0 amide bonds. The van der Waals surface area contributed by atoms with E-state index < -0.39 is 11.9 Å². The van der Waals surface area contributed by atoms with Gasteiger partial charge in [0.1, 0.15) is 18.0 Å². The average Bonchev–Trinajstić information content (AvgIpc) is 2.38. The number of nitrogens with zero attached hydrogens (tertiary/aromatic N) is 1. The van der Waals surface area contributed by atoms with Gasteiger partial charge in [-0.3, -0.25) is 0 Å². The molecule has 0 saturated carbocycles. The monoisotopic (exact) mass is 268 g/mol. The summed E-state index contributed by atoms with van der Waals surface area (Å²) in [5, 5.41) is 11.3. The Hall–Kier alpha value is -2.15. The first-order chi connectivity index (χ1) is 9.15. The summed E-state index contributed by atoms with van der Waals surface area (Å²) in [5.74, 6) is -1.09. The summed E-state index contributed by atoms with van der Waals surface area (Å²) in [6, 6.07) is 3.24. The Morgan fingerprint density at radius 1 is 1.47 bits per heavy atom. The van der Waals surface area contributed by atoms with Gasteiger partial charge in [-0.05, 0) is 19.1 Å². The molecule has 0 bridgehead atoms. The highest BCUT2D eigenvalue weighted by Crippen LogP contribution is 2.12. The van der Waals surface area contributed by atoms with E-state index in [9.17, 15) is 9.59 Å². The molecule has 0 aliphatic rings. The van der Waals surface area contributed by atoms with E-state index in [0.29, 0.717) is 17.9 Å². The number of esters is 1. The molecule has 0 unspecified atom stereocenters. The van der Waals surface area contributed by atoms with Gasteiger partial charge < -0.3 is 19.9 Å². The van der Waals surface area contributed by atoms with Gasteiger partial charge in [-0.2, -0.15) is 0 Å². The van der Waals surface area contributed by atoms with Crippen molar-refractivity contribution in [2.24, 2.45) is 0 Å². The van der Waals surface area contributed by atoms with Crippen molar-refractivity contribution in [2.45, 2.75) is 6.92 Å². The Morgan fingerprint density at radius 2 is 2.26 bits per heavy atom. The minimum atomic E-state index is -1.02. The summed E-state index contributed by atoms with van der Waals surface area (Å²) >= 11 is 0. The largest absolute Gasteiger partial charge is 0.480 e. The number of ether oxygens (including phenoxy) is 2. The molecule has 1 rings (SSSR count). The van der Waals surface area contributed by atoms with Gasteiger partial charge in [-0.1, -0.05) is 0 Å². The quantitative estimate of drug-likeness (QED) is 0.530. The molecule has 1 aromatic rings. The van der Waals surface area contributed by atoms with Crippen molar-refractivity contribution in [3.63, 3.8) is 0 Å². The number of anilines is 1. The Balaban J connectivity index is 2.49. The van der Waals surface area contributed by atoms with Gasteiger partial charge in [0.05, 0.1) is 13.2 Å². The SMILES string of the molecule is CCOC(=O)c1cccnc1NCCOCC(=O)O. The Labute approximate surface area is 110 Å². The normalized spacial score (nSPS) is 9.95. The van der Waals surface area contributed by atoms with Crippen LogP contribution in [0.15, 0.2) is 18.3 Å². The van der Waals surface area contributed by atoms with Gasteiger partial charge in [0.2, 0.25) is 0 Å². The van der Waals surface area contributed by atoms with Crippen molar-refractivity contribution < 1.29 is 24.2 Å². The van der Waals surface area contributed by atoms with E-state index in [-0.39, 0.29) is 19.8 Å². The van der Waals surface area contributed by atoms with E-state index >= 15 is 0 Å². The number of rotatable bonds is 8. The van der Waals surface area contributed by atoms with E-state index in [1.165, 1.54) is 0 Å². The Morgan fingerprint density at radius 3 is 2.95 bits per heavy atom. The Bertz CT molecular complexity index is 436. The topological polar surface area (TPSA) is 97.8 Å². The number of carboxylic acids is 1. The van der Waals surface area contributed by atoms with E-state index in [1.807, 2.05) is 0 Å². The van der Waals surface area contributed by atoms with E-state index in [2.05, 4.69) is 10.3 Å². The molecule has 1 aromatic heterocycles. The number of carbonyl (C=O) groups is 2. The van der Waals surface area contributed by atoms with Crippen molar-refractivity contribution in [2.75, 3.05) is 31.7 Å². The third-order valence-corrected chi connectivity index (χ3v) is 2.07. The second-order valence-electron chi connectivity index (χ2n) is 3.49. The second kappa shape index (κ2) is 8.04. The first kappa shape index (κ1) is 14.9. The molecule has 0 fully saturated rings. The number of aromatic nitrogens is 1. The molecular weight excluding hydrogens is 252 g/mol. The lowest BCUT2D eigenvalue weighted by atomic mass is 10.2. The lowest BCUT2D eigenvalue weighted by Crippen LogP contribution is -2.17. The van der Waals surface area contributed by atoms with Crippen LogP contribution in [0.1, 0.15) is 17.3 Å². The molecule has 19 heavy (non-hydrogen) atoms. The fourth-order valence-corrected chi connectivity index (χ4v) is 1.32. The fraction of sp³-hybridized carbons (Fsp3) is 0.417. The zero-order valence-corrected chi connectivity index (χ0v) is 10.6. The van der Waals surface area contributed by atoms with Crippen LogP contribution in [-0.4, -0.2) is 48.4 Å². The van der Waals surface area contributed by atoms with Crippen LogP contribution in [0.3, 0.4) is 0 Å². The van der Waals surface area contributed by atoms with Crippen molar-refractivity contribution >= 4 is 17.8 Å². The predicted octanol–water partition coefficient (Wildman–Crippen LogP) is 0.771. The van der Waals surface area contributed by atoms with Gasteiger partial charge in [0.25, 0.3) is 0 Å². The summed E-state index contributed by atoms with van der Waals surface area (Å²) in [6.07, 6.45) is 1.54. The van der Waals surface area contributed by atoms with Crippen molar-refractivity contribution in [1.29, 1.82) is 0 Å². The number of nitrogens with one attached hydrogen (secondary N) is 1. The first-order valence-corrected chi connectivity index (χ1v) is 5.80. The molecule has 0 aliphatic heterocycles. The Kier molecular flexibility index (Phi) is 6.31. The average molecular weight is 268 g/mol. The van der Waals surface area contributed by atoms with E-state index in [4.69, 9.17) is 14.6 Å². The van der Waals surface area contributed by atoms with Crippen LogP contribution in [0.4, 0.5) is 5.82 Å². The minimum absolute atomic E-state index is 0.200. The fourth-order valence-electron chi connectivity index (χ4n) is 1.32. The highest BCUT2D eigenvalue weighted by molar-refractivity contribution is 5.94. The number of hydrogen-bond donors (Lipinski definition) is 2. The molecule has 0 radical (unpaired) electrons. The summed E-state index contributed by atoms with van der Waals surface area (Å²) in [5.41, 5.74) is 0.336. The second-order valence-corrected chi connectivity index (χ2v) is 3.49. The summed E-state index contributed by atoms with van der Waals surface area (Å²) in [4.78, 5) is 25.9. The molecule has 0 saturated heterocycles. The summed E-state index contributed by atoms with van der Waals surface area (Å²) in [6.45, 7) is 2.20. The minimum Gasteiger partial charge on any atom is -0.480 e. The lowest BCUT2D eigenvalue weighted by molar-refractivity contribution is -0.142. The van der Waals surface area contributed by atoms with E-state index in [0.717, 1.165) is 0 Å². The van der Waals surface area contributed by atoms with Crippen LogP contribution in [0.2, 0.25) is 0 Å². The highest BCUT2D eigenvalue weighted by Gasteiger charge is 2.12. The van der Waals surface area contributed by atoms with Crippen molar-refractivity contribution in [3.05, 3.63) is 23.9 Å². The van der Waals surface area contributed by atoms with Crippen LogP contribution in [0, 0.1) is 0 Å². The number of carboxylic acid groups (broad SMARTS) is 1. The number of aliphatic carboxylic acids is 1. The van der Waals surface area contributed by atoms with Crippen molar-refractivity contribution in [1.82, 2.24) is 4.98 Å². The molecule has 0 atom stereocenters. The van der Waals surface area contributed by atoms with Gasteiger partial charge >= 0.3 is 11.9 Å². The molecule has 0 spiro atoms. The maximum absolute atomic E-state index is 11.6. The lowest BCUT2D eigenvalue weighted by Gasteiger charge is -2.09. The maximum Gasteiger partial charge on any atom is 0.341 e. The smallest absolute Gasteiger partial charge is 0.341 e. The zero-order chi connectivity index (χ0) is 14.1. The number of hydrogen-bond acceptors (Lipinski definition) is 6. The molecular formula is C12H16N2O5. The molecule has 7 heteroatoms. The summed E-state index contributed by atoms with van der Waals surface area (Å²) in [7, 11) is 0.